The van der Waals surface area contributed by atoms with Crippen LogP contribution in [0.5, 0.6) is 5.75 Å². The van der Waals surface area contributed by atoms with Gasteiger partial charge in [0, 0.05) is 12.6 Å². The van der Waals surface area contributed by atoms with Crippen LogP contribution in [0.4, 0.5) is 5.69 Å². The fourth-order valence-corrected chi connectivity index (χ4v) is 1.97. The number of amides is 1. The van der Waals surface area contributed by atoms with E-state index < -0.39 is 17.9 Å². The van der Waals surface area contributed by atoms with E-state index in [0.29, 0.717) is 24.5 Å². The van der Waals surface area contributed by atoms with Gasteiger partial charge in [0.05, 0.1) is 17.2 Å². The molecule has 2 unspecified atom stereocenters. The lowest BCUT2D eigenvalue weighted by Crippen LogP contribution is -2.40. The van der Waals surface area contributed by atoms with Crippen LogP contribution in [0.3, 0.4) is 0 Å². The van der Waals surface area contributed by atoms with Crippen LogP contribution in [-0.2, 0) is 4.79 Å². The maximum absolute atomic E-state index is 12.2. The van der Waals surface area contributed by atoms with Crippen LogP contribution in [0.15, 0.2) is 18.2 Å². The van der Waals surface area contributed by atoms with Gasteiger partial charge in [-0.25, -0.2) is 0 Å². The van der Waals surface area contributed by atoms with E-state index in [1.54, 1.807) is 26.0 Å². The minimum Gasteiger partial charge on any atom is -0.489 e. The van der Waals surface area contributed by atoms with E-state index in [1.165, 1.54) is 0 Å². The van der Waals surface area contributed by atoms with Crippen LogP contribution in [0.1, 0.15) is 24.2 Å². The zero-order valence-corrected chi connectivity index (χ0v) is 11.5. The number of fused-ring (bicyclic) bond motifs is 1. The maximum atomic E-state index is 12.2. The predicted molar refractivity (Wildman–Crippen MR) is 74.2 cm³/mol. The molecule has 2 atom stereocenters. The van der Waals surface area contributed by atoms with E-state index in [2.05, 4.69) is 10.6 Å². The zero-order valence-electron chi connectivity index (χ0n) is 11.5. The van der Waals surface area contributed by atoms with Crippen molar-refractivity contribution in [2.45, 2.75) is 19.9 Å². The number of benzene rings is 1. The quantitative estimate of drug-likeness (QED) is 0.773. The lowest BCUT2D eigenvalue weighted by atomic mass is 10.0. The molecule has 1 aliphatic heterocycles. The van der Waals surface area contributed by atoms with E-state index in [9.17, 15) is 9.59 Å². The van der Waals surface area contributed by atoms with Crippen molar-refractivity contribution in [2.24, 2.45) is 5.92 Å². The molecule has 1 heterocycles. The first kappa shape index (κ1) is 14.2. The van der Waals surface area contributed by atoms with Crippen molar-refractivity contribution in [1.29, 1.82) is 0 Å². The summed E-state index contributed by atoms with van der Waals surface area (Å²) in [4.78, 5) is 23.1. The van der Waals surface area contributed by atoms with Gasteiger partial charge in [-0.15, -0.1) is 0 Å². The molecule has 1 amide bonds. The van der Waals surface area contributed by atoms with Crippen molar-refractivity contribution in [1.82, 2.24) is 5.32 Å². The lowest BCUT2D eigenvalue weighted by Gasteiger charge is -2.23. The van der Waals surface area contributed by atoms with Gasteiger partial charge in [-0.1, -0.05) is 6.07 Å². The summed E-state index contributed by atoms with van der Waals surface area (Å²) in [6, 6.07) is 4.81. The van der Waals surface area contributed by atoms with Gasteiger partial charge in [-0.2, -0.15) is 0 Å². The Morgan fingerprint density at radius 2 is 2.15 bits per heavy atom. The van der Waals surface area contributed by atoms with Crippen LogP contribution >= 0.6 is 0 Å². The van der Waals surface area contributed by atoms with Crippen molar-refractivity contribution < 1.29 is 19.4 Å². The first-order chi connectivity index (χ1) is 9.50. The van der Waals surface area contributed by atoms with Gasteiger partial charge >= 0.3 is 5.97 Å². The number of carbonyl (C=O) groups excluding carboxylic acids is 1. The third kappa shape index (κ3) is 2.84. The summed E-state index contributed by atoms with van der Waals surface area (Å²) in [5, 5.41) is 14.8. The molecule has 108 valence electrons. The summed E-state index contributed by atoms with van der Waals surface area (Å²) in [5.74, 6) is -1.40. The highest BCUT2D eigenvalue weighted by atomic mass is 16.5. The fourth-order valence-electron chi connectivity index (χ4n) is 1.97. The smallest absolute Gasteiger partial charge is 0.308 e. The fraction of sp³-hybridized carbons (Fsp3) is 0.429. The van der Waals surface area contributed by atoms with Crippen LogP contribution in [-0.4, -0.2) is 36.2 Å². The number of ether oxygens (including phenoxy) is 1. The number of carboxylic acid groups (broad SMARTS) is 1. The Hall–Kier alpha value is -2.24. The Kier molecular flexibility index (Phi) is 4.12. The summed E-state index contributed by atoms with van der Waals surface area (Å²) < 4.78 is 5.53. The molecule has 6 heteroatoms. The summed E-state index contributed by atoms with van der Waals surface area (Å²) in [7, 11) is 0. The van der Waals surface area contributed by atoms with Crippen LogP contribution in [0.25, 0.3) is 0 Å². The van der Waals surface area contributed by atoms with Crippen molar-refractivity contribution >= 4 is 17.6 Å². The van der Waals surface area contributed by atoms with Crippen LogP contribution in [0, 0.1) is 5.92 Å². The largest absolute Gasteiger partial charge is 0.489 e. The molecule has 20 heavy (non-hydrogen) atoms. The topological polar surface area (TPSA) is 87.7 Å². The second-order valence-electron chi connectivity index (χ2n) is 4.85. The number of rotatable bonds is 4. The van der Waals surface area contributed by atoms with Crippen molar-refractivity contribution in [3.05, 3.63) is 23.8 Å². The summed E-state index contributed by atoms with van der Waals surface area (Å²) in [6.45, 7) is 4.43. The van der Waals surface area contributed by atoms with Crippen LogP contribution < -0.4 is 15.4 Å². The maximum Gasteiger partial charge on any atom is 0.308 e. The molecule has 0 bridgehead atoms. The molecule has 0 spiro atoms. The number of para-hydroxylation sites is 1. The molecule has 1 aromatic carbocycles. The average Bonchev–Trinajstić information content (AvgIpc) is 2.45. The zero-order chi connectivity index (χ0) is 14.7. The Morgan fingerprint density at radius 1 is 1.40 bits per heavy atom. The highest BCUT2D eigenvalue weighted by molar-refractivity contribution is 5.99. The molecule has 1 aromatic rings. The number of aliphatic carboxylic acids is 1. The molecule has 6 nitrogen and oxygen atoms in total. The average molecular weight is 278 g/mol. The van der Waals surface area contributed by atoms with E-state index >= 15 is 0 Å². The lowest BCUT2D eigenvalue weighted by molar-refractivity contribution is -0.141. The van der Waals surface area contributed by atoms with Gasteiger partial charge in [0.2, 0.25) is 0 Å². The number of hydrogen-bond donors (Lipinski definition) is 3. The molecule has 0 aliphatic carbocycles. The molecule has 0 radical (unpaired) electrons. The summed E-state index contributed by atoms with van der Waals surface area (Å²) in [5.41, 5.74) is 1.20. The van der Waals surface area contributed by atoms with E-state index in [1.807, 2.05) is 6.07 Å². The molecule has 0 saturated carbocycles. The van der Waals surface area contributed by atoms with Gasteiger partial charge in [0.15, 0.2) is 5.75 Å². The minimum atomic E-state index is -0.939. The molecule has 0 fully saturated rings. The number of hydrogen-bond acceptors (Lipinski definition) is 4. The number of carbonyl (C=O) groups is 2. The van der Waals surface area contributed by atoms with Crippen molar-refractivity contribution in [2.75, 3.05) is 18.5 Å². The van der Waals surface area contributed by atoms with Gasteiger partial charge in [-0.3, -0.25) is 9.59 Å². The molecule has 0 aromatic heterocycles. The second kappa shape index (κ2) is 5.81. The normalized spacial score (nSPS) is 16.1. The first-order valence-electron chi connectivity index (χ1n) is 6.54. The summed E-state index contributed by atoms with van der Waals surface area (Å²) >= 11 is 0. The van der Waals surface area contributed by atoms with E-state index in [0.717, 1.165) is 5.69 Å². The SMILES string of the molecule is CC(NC(=O)c1cccc2c1OCCN2)C(C)C(=O)O. The third-order valence-electron chi connectivity index (χ3n) is 3.42. The van der Waals surface area contributed by atoms with Gasteiger partial charge in [0.1, 0.15) is 6.61 Å². The van der Waals surface area contributed by atoms with Gasteiger partial charge in [-0.05, 0) is 26.0 Å². The third-order valence-corrected chi connectivity index (χ3v) is 3.42. The molecule has 1 aliphatic rings. The molecular weight excluding hydrogens is 260 g/mol. The Morgan fingerprint density at radius 3 is 2.85 bits per heavy atom. The van der Waals surface area contributed by atoms with Gasteiger partial charge < -0.3 is 20.5 Å². The van der Waals surface area contributed by atoms with E-state index in [4.69, 9.17) is 9.84 Å². The minimum absolute atomic E-state index is 0.328. The second-order valence-corrected chi connectivity index (χ2v) is 4.85. The van der Waals surface area contributed by atoms with Crippen molar-refractivity contribution in [3.63, 3.8) is 0 Å². The Bertz CT molecular complexity index is 530. The molecular formula is C14H18N2O4. The summed E-state index contributed by atoms with van der Waals surface area (Å²) in [6.07, 6.45) is 0. The number of carboxylic acids is 1. The van der Waals surface area contributed by atoms with Crippen LogP contribution in [0.2, 0.25) is 0 Å². The highest BCUT2D eigenvalue weighted by Gasteiger charge is 2.24. The Labute approximate surface area is 117 Å². The monoisotopic (exact) mass is 278 g/mol. The van der Waals surface area contributed by atoms with E-state index in [-0.39, 0.29) is 5.91 Å². The number of anilines is 1. The molecule has 2 rings (SSSR count). The molecule has 0 saturated heterocycles. The highest BCUT2D eigenvalue weighted by Crippen LogP contribution is 2.31. The standard InChI is InChI=1S/C14H18N2O4/c1-8(14(18)19)9(2)16-13(17)10-4-3-5-11-12(10)20-7-6-15-11/h3-5,8-9,15H,6-7H2,1-2H3,(H,16,17)(H,18,19). The van der Waals surface area contributed by atoms with Gasteiger partial charge in [0.25, 0.3) is 5.91 Å². The first-order valence-corrected chi connectivity index (χ1v) is 6.54. The molecule has 3 N–H and O–H groups in total. The Balaban J connectivity index is 2.16. The number of nitrogens with one attached hydrogen (secondary N) is 2. The van der Waals surface area contributed by atoms with Crippen molar-refractivity contribution in [3.8, 4) is 5.75 Å². The predicted octanol–water partition coefficient (Wildman–Crippen LogP) is 1.33.